The molecule has 2 rings (SSSR count). The predicted octanol–water partition coefficient (Wildman–Crippen LogP) is -2.62. The highest BCUT2D eigenvalue weighted by molar-refractivity contribution is 6.35. The van der Waals surface area contributed by atoms with Crippen LogP contribution in [0.4, 0.5) is 0 Å². The average molecular weight is 170 g/mol. The third-order valence-corrected chi connectivity index (χ3v) is 2.05. The lowest BCUT2D eigenvalue weighted by molar-refractivity contribution is -0.153. The summed E-state index contributed by atoms with van der Waals surface area (Å²) >= 11 is 0. The van der Waals surface area contributed by atoms with E-state index in [2.05, 4.69) is 16.2 Å². The molecule has 0 spiro atoms. The molecule has 1 unspecified atom stereocenters. The minimum absolute atomic E-state index is 0.0936. The van der Waals surface area contributed by atoms with Gasteiger partial charge in [0.2, 0.25) is 0 Å². The summed E-state index contributed by atoms with van der Waals surface area (Å²) in [6.07, 6.45) is -0.0936. The molecule has 0 aromatic carbocycles. The maximum absolute atomic E-state index is 11.2. The molecule has 0 aromatic heterocycles. The largest absolute Gasteiger partial charge is 0.323 e. The zero-order chi connectivity index (χ0) is 8.55. The number of carbonyl (C=O) groups is 2. The molecule has 2 saturated heterocycles. The van der Waals surface area contributed by atoms with Gasteiger partial charge in [0.25, 0.3) is 0 Å². The molecular formula is C6H10N4O2. The van der Waals surface area contributed by atoms with E-state index in [-0.39, 0.29) is 6.17 Å². The molecule has 12 heavy (non-hydrogen) atoms. The van der Waals surface area contributed by atoms with Crippen LogP contribution in [-0.4, -0.2) is 42.5 Å². The topological polar surface area (TPSA) is 73.5 Å². The van der Waals surface area contributed by atoms with Crippen molar-refractivity contribution in [2.24, 2.45) is 0 Å². The Morgan fingerprint density at radius 3 is 3.08 bits per heavy atom. The van der Waals surface area contributed by atoms with Crippen molar-refractivity contribution >= 4 is 11.8 Å². The Bertz CT molecular complexity index is 230. The van der Waals surface area contributed by atoms with Crippen LogP contribution in [0.25, 0.3) is 0 Å². The van der Waals surface area contributed by atoms with Gasteiger partial charge in [-0.25, -0.2) is 5.43 Å². The highest BCUT2D eigenvalue weighted by atomic mass is 16.2. The molecule has 66 valence electrons. The van der Waals surface area contributed by atoms with Gasteiger partial charge in [-0.15, -0.1) is 0 Å². The molecule has 6 nitrogen and oxygen atoms in total. The molecule has 2 aliphatic heterocycles. The standard InChI is InChI=1S/C6H10N4O2/c11-5-6(12)10-2-1-7-3-4(10)8-9-5/h4,7-8H,1-3H2,(H,9,11). The fraction of sp³-hybridized carbons (Fsp3) is 0.667. The Hall–Kier alpha value is -1.14. The summed E-state index contributed by atoms with van der Waals surface area (Å²) < 4.78 is 0. The monoisotopic (exact) mass is 170 g/mol. The van der Waals surface area contributed by atoms with E-state index in [1.165, 1.54) is 4.90 Å². The Morgan fingerprint density at radius 1 is 1.42 bits per heavy atom. The summed E-state index contributed by atoms with van der Waals surface area (Å²) in [5.41, 5.74) is 5.06. The highest BCUT2D eigenvalue weighted by Crippen LogP contribution is 2.03. The van der Waals surface area contributed by atoms with E-state index in [1.807, 2.05) is 0 Å². The maximum Gasteiger partial charge on any atom is 0.323 e. The van der Waals surface area contributed by atoms with Crippen LogP contribution in [0, 0.1) is 0 Å². The van der Waals surface area contributed by atoms with Crippen molar-refractivity contribution in [2.45, 2.75) is 6.17 Å². The highest BCUT2D eigenvalue weighted by Gasteiger charge is 2.34. The summed E-state index contributed by atoms with van der Waals surface area (Å²) in [6, 6.07) is 0. The van der Waals surface area contributed by atoms with Gasteiger partial charge in [0.05, 0.1) is 0 Å². The SMILES string of the molecule is O=C1NNC2CNCCN2C1=O. The molecule has 0 aliphatic carbocycles. The van der Waals surface area contributed by atoms with Gasteiger partial charge in [-0.1, -0.05) is 0 Å². The molecule has 2 heterocycles. The van der Waals surface area contributed by atoms with Crippen LogP contribution in [0.15, 0.2) is 0 Å². The molecule has 3 N–H and O–H groups in total. The second-order valence-electron chi connectivity index (χ2n) is 2.82. The molecule has 2 amide bonds. The van der Waals surface area contributed by atoms with Crippen LogP contribution >= 0.6 is 0 Å². The number of hydrogen-bond donors (Lipinski definition) is 3. The summed E-state index contributed by atoms with van der Waals surface area (Å²) in [5, 5.41) is 3.11. The number of hydrazine groups is 1. The van der Waals surface area contributed by atoms with E-state index in [0.717, 1.165) is 6.54 Å². The van der Waals surface area contributed by atoms with E-state index in [4.69, 9.17) is 0 Å². The molecular weight excluding hydrogens is 160 g/mol. The van der Waals surface area contributed by atoms with Gasteiger partial charge in [-0.05, 0) is 0 Å². The Morgan fingerprint density at radius 2 is 2.25 bits per heavy atom. The van der Waals surface area contributed by atoms with Gasteiger partial charge in [0, 0.05) is 19.6 Å². The van der Waals surface area contributed by atoms with Crippen molar-refractivity contribution in [3.63, 3.8) is 0 Å². The molecule has 6 heteroatoms. The number of nitrogens with zero attached hydrogens (tertiary/aromatic N) is 1. The fourth-order valence-electron chi connectivity index (χ4n) is 1.41. The second kappa shape index (κ2) is 2.72. The number of rotatable bonds is 0. The maximum atomic E-state index is 11.2. The minimum atomic E-state index is -0.576. The summed E-state index contributed by atoms with van der Waals surface area (Å²) in [4.78, 5) is 23.6. The van der Waals surface area contributed by atoms with E-state index >= 15 is 0 Å². The van der Waals surface area contributed by atoms with Gasteiger partial charge in [-0.2, -0.15) is 0 Å². The van der Waals surface area contributed by atoms with Crippen molar-refractivity contribution in [3.8, 4) is 0 Å². The summed E-state index contributed by atoms with van der Waals surface area (Å²) in [7, 11) is 0. The minimum Gasteiger partial charge on any atom is -0.315 e. The lowest BCUT2D eigenvalue weighted by Crippen LogP contribution is -2.70. The van der Waals surface area contributed by atoms with Crippen molar-refractivity contribution in [1.82, 2.24) is 21.1 Å². The second-order valence-corrected chi connectivity index (χ2v) is 2.82. The first-order valence-electron chi connectivity index (χ1n) is 3.86. The number of nitrogens with one attached hydrogen (secondary N) is 3. The average Bonchev–Trinajstić information content (AvgIpc) is 2.12. The van der Waals surface area contributed by atoms with Crippen LogP contribution in [-0.2, 0) is 9.59 Å². The van der Waals surface area contributed by atoms with Crippen molar-refractivity contribution in [1.29, 1.82) is 0 Å². The van der Waals surface area contributed by atoms with Crippen LogP contribution in [0.5, 0.6) is 0 Å². The number of piperazine rings is 1. The van der Waals surface area contributed by atoms with Crippen molar-refractivity contribution < 1.29 is 9.59 Å². The van der Waals surface area contributed by atoms with Crippen molar-refractivity contribution in [3.05, 3.63) is 0 Å². The van der Waals surface area contributed by atoms with E-state index in [1.54, 1.807) is 0 Å². The number of fused-ring (bicyclic) bond motifs is 1. The summed E-state index contributed by atoms with van der Waals surface area (Å²) in [5.74, 6) is -1.02. The molecule has 0 saturated carbocycles. The molecule has 0 radical (unpaired) electrons. The lowest BCUT2D eigenvalue weighted by Gasteiger charge is -2.39. The first-order valence-corrected chi connectivity index (χ1v) is 3.86. The normalized spacial score (nSPS) is 29.7. The smallest absolute Gasteiger partial charge is 0.315 e. The van der Waals surface area contributed by atoms with Gasteiger partial charge < -0.3 is 10.2 Å². The predicted molar refractivity (Wildman–Crippen MR) is 39.6 cm³/mol. The zero-order valence-electron chi connectivity index (χ0n) is 6.46. The van der Waals surface area contributed by atoms with Crippen LogP contribution in [0.2, 0.25) is 0 Å². The number of carbonyl (C=O) groups excluding carboxylic acids is 2. The van der Waals surface area contributed by atoms with Gasteiger partial charge in [0.1, 0.15) is 6.17 Å². The molecule has 0 aromatic rings. The Kier molecular flexibility index (Phi) is 1.70. The quantitative estimate of drug-likeness (QED) is 0.348. The third-order valence-electron chi connectivity index (χ3n) is 2.05. The van der Waals surface area contributed by atoms with Crippen LogP contribution in [0.3, 0.4) is 0 Å². The molecule has 2 fully saturated rings. The van der Waals surface area contributed by atoms with E-state index in [0.29, 0.717) is 13.1 Å². The third kappa shape index (κ3) is 1.05. The Balaban J connectivity index is 2.13. The zero-order valence-corrected chi connectivity index (χ0v) is 6.46. The van der Waals surface area contributed by atoms with Crippen LogP contribution in [0.1, 0.15) is 0 Å². The first kappa shape index (κ1) is 7.51. The lowest BCUT2D eigenvalue weighted by atomic mass is 10.2. The molecule has 1 atom stereocenters. The summed E-state index contributed by atoms with van der Waals surface area (Å²) in [6.45, 7) is 2.01. The van der Waals surface area contributed by atoms with Gasteiger partial charge in [0.15, 0.2) is 0 Å². The van der Waals surface area contributed by atoms with Crippen molar-refractivity contribution in [2.75, 3.05) is 19.6 Å². The number of hydrogen-bond acceptors (Lipinski definition) is 4. The Labute approximate surface area is 69.3 Å². The van der Waals surface area contributed by atoms with E-state index < -0.39 is 11.8 Å². The number of amides is 2. The van der Waals surface area contributed by atoms with Gasteiger partial charge >= 0.3 is 11.8 Å². The van der Waals surface area contributed by atoms with E-state index in [9.17, 15) is 9.59 Å². The van der Waals surface area contributed by atoms with Gasteiger partial charge in [-0.3, -0.25) is 15.0 Å². The molecule has 0 bridgehead atoms. The van der Waals surface area contributed by atoms with Crippen LogP contribution < -0.4 is 16.2 Å². The first-order chi connectivity index (χ1) is 5.79. The fourth-order valence-corrected chi connectivity index (χ4v) is 1.41. The molecule has 2 aliphatic rings.